The minimum Gasteiger partial charge on any atom is -0.462 e. The topological polar surface area (TPSA) is 52.6 Å². The van der Waals surface area contributed by atoms with Gasteiger partial charge in [-0.3, -0.25) is 9.59 Å². The second-order valence-corrected chi connectivity index (χ2v) is 7.95. The van der Waals surface area contributed by atoms with Gasteiger partial charge in [0.25, 0.3) is 0 Å². The van der Waals surface area contributed by atoms with E-state index in [-0.39, 0.29) is 36.0 Å². The number of hydrogen-bond acceptors (Lipinski definition) is 4. The van der Waals surface area contributed by atoms with Gasteiger partial charge < -0.3 is 9.47 Å². The molecule has 3 saturated carbocycles. The second-order valence-electron chi connectivity index (χ2n) is 7.95. The number of esters is 2. The molecular weight excluding hydrogens is 304 g/mol. The summed E-state index contributed by atoms with van der Waals surface area (Å²) in [5, 5.41) is 0. The molecule has 0 aromatic carbocycles. The molecule has 3 aliphatic carbocycles. The van der Waals surface area contributed by atoms with Gasteiger partial charge in [0.1, 0.15) is 12.2 Å². The molecule has 4 nitrogen and oxygen atoms in total. The van der Waals surface area contributed by atoms with Gasteiger partial charge in [0.15, 0.2) is 0 Å². The summed E-state index contributed by atoms with van der Waals surface area (Å²) in [7, 11) is 0. The van der Waals surface area contributed by atoms with Gasteiger partial charge in [0.05, 0.1) is 11.8 Å². The van der Waals surface area contributed by atoms with Crippen molar-refractivity contribution < 1.29 is 19.1 Å². The summed E-state index contributed by atoms with van der Waals surface area (Å²) in [6.45, 7) is 0. The van der Waals surface area contributed by atoms with E-state index in [1.54, 1.807) is 0 Å². The van der Waals surface area contributed by atoms with E-state index in [1.165, 1.54) is 38.5 Å². The largest absolute Gasteiger partial charge is 0.462 e. The molecular formula is C20H32O4. The average Bonchev–Trinajstić information content (AvgIpc) is 2.63. The highest BCUT2D eigenvalue weighted by atomic mass is 16.5. The Kier molecular flexibility index (Phi) is 6.56. The fourth-order valence-electron chi connectivity index (χ4n) is 4.50. The number of hydrogen-bond donors (Lipinski definition) is 0. The van der Waals surface area contributed by atoms with Gasteiger partial charge in [-0.15, -0.1) is 0 Å². The molecule has 0 aromatic rings. The van der Waals surface area contributed by atoms with Gasteiger partial charge >= 0.3 is 11.9 Å². The molecule has 24 heavy (non-hydrogen) atoms. The third-order valence-corrected chi connectivity index (χ3v) is 6.01. The van der Waals surface area contributed by atoms with Crippen LogP contribution in [0.4, 0.5) is 0 Å². The van der Waals surface area contributed by atoms with Crippen molar-refractivity contribution in [3.8, 4) is 0 Å². The first kappa shape index (κ1) is 17.8. The fourth-order valence-corrected chi connectivity index (χ4v) is 4.50. The van der Waals surface area contributed by atoms with E-state index >= 15 is 0 Å². The number of carbonyl (C=O) groups excluding carboxylic acids is 2. The predicted octanol–water partition coefficient (Wildman–Crippen LogP) is 4.54. The molecule has 0 aliphatic heterocycles. The molecule has 3 fully saturated rings. The molecule has 136 valence electrons. The predicted molar refractivity (Wildman–Crippen MR) is 91.4 cm³/mol. The fraction of sp³-hybridized carbons (Fsp3) is 0.900. The molecule has 0 heterocycles. The zero-order chi connectivity index (χ0) is 16.8. The highest BCUT2D eigenvalue weighted by Gasteiger charge is 2.35. The molecule has 0 spiro atoms. The van der Waals surface area contributed by atoms with E-state index in [2.05, 4.69) is 0 Å². The summed E-state index contributed by atoms with van der Waals surface area (Å²) in [5.41, 5.74) is 0. The van der Waals surface area contributed by atoms with Gasteiger partial charge in [0, 0.05) is 0 Å². The maximum absolute atomic E-state index is 12.5. The smallest absolute Gasteiger partial charge is 0.309 e. The van der Waals surface area contributed by atoms with E-state index in [1.807, 2.05) is 0 Å². The normalized spacial score (nSPS) is 29.8. The molecule has 0 aromatic heterocycles. The Morgan fingerprint density at radius 2 is 0.958 bits per heavy atom. The molecule has 0 N–H and O–H groups in total. The lowest BCUT2D eigenvalue weighted by Gasteiger charge is -2.30. The summed E-state index contributed by atoms with van der Waals surface area (Å²) in [6, 6.07) is 0. The van der Waals surface area contributed by atoms with Crippen molar-refractivity contribution >= 4 is 11.9 Å². The Bertz CT molecular complexity index is 383. The quantitative estimate of drug-likeness (QED) is 0.707. The highest BCUT2D eigenvalue weighted by Crippen LogP contribution is 2.33. The maximum atomic E-state index is 12.5. The van der Waals surface area contributed by atoms with Gasteiger partial charge in [-0.25, -0.2) is 0 Å². The average molecular weight is 336 g/mol. The van der Waals surface area contributed by atoms with E-state index in [0.717, 1.165) is 44.9 Å². The first-order chi connectivity index (χ1) is 11.7. The van der Waals surface area contributed by atoms with Crippen molar-refractivity contribution in [2.24, 2.45) is 11.8 Å². The lowest BCUT2D eigenvalue weighted by Crippen LogP contribution is -2.33. The van der Waals surface area contributed by atoms with Crippen molar-refractivity contribution in [2.45, 2.75) is 102 Å². The molecule has 0 amide bonds. The van der Waals surface area contributed by atoms with Crippen LogP contribution in [0.15, 0.2) is 0 Å². The molecule has 0 radical (unpaired) electrons. The number of rotatable bonds is 4. The van der Waals surface area contributed by atoms with Crippen LogP contribution in [0.3, 0.4) is 0 Å². The molecule has 2 atom stereocenters. The third-order valence-electron chi connectivity index (χ3n) is 6.01. The minimum absolute atomic E-state index is 0.0722. The maximum Gasteiger partial charge on any atom is 0.309 e. The van der Waals surface area contributed by atoms with Crippen molar-refractivity contribution in [2.75, 3.05) is 0 Å². The summed E-state index contributed by atoms with van der Waals surface area (Å²) < 4.78 is 11.4. The summed E-state index contributed by atoms with van der Waals surface area (Å²) in [5.74, 6) is -0.358. The summed E-state index contributed by atoms with van der Waals surface area (Å²) in [6.07, 6.45) is 14.7. The van der Waals surface area contributed by atoms with Crippen LogP contribution in [0.5, 0.6) is 0 Å². The van der Waals surface area contributed by atoms with Gasteiger partial charge in [-0.1, -0.05) is 19.3 Å². The molecule has 3 aliphatic rings. The number of carbonyl (C=O) groups is 2. The van der Waals surface area contributed by atoms with Crippen LogP contribution < -0.4 is 0 Å². The van der Waals surface area contributed by atoms with Crippen molar-refractivity contribution in [1.82, 2.24) is 0 Å². The van der Waals surface area contributed by atoms with Gasteiger partial charge in [0.2, 0.25) is 0 Å². The lowest BCUT2D eigenvalue weighted by atomic mass is 9.81. The van der Waals surface area contributed by atoms with Crippen LogP contribution in [0, 0.1) is 11.8 Å². The molecule has 3 rings (SSSR count). The molecule has 2 unspecified atom stereocenters. The number of ether oxygens (including phenoxy) is 2. The molecule has 0 bridgehead atoms. The van der Waals surface area contributed by atoms with Crippen molar-refractivity contribution in [3.05, 3.63) is 0 Å². The third kappa shape index (κ3) is 4.97. The summed E-state index contributed by atoms with van der Waals surface area (Å²) in [4.78, 5) is 24.9. The minimum atomic E-state index is -0.107. The highest BCUT2D eigenvalue weighted by molar-refractivity contribution is 5.76. The van der Waals surface area contributed by atoms with E-state index in [0.29, 0.717) is 6.42 Å². The summed E-state index contributed by atoms with van der Waals surface area (Å²) >= 11 is 0. The Balaban J connectivity index is 1.45. The zero-order valence-corrected chi connectivity index (χ0v) is 14.8. The van der Waals surface area contributed by atoms with Crippen LogP contribution in [0.25, 0.3) is 0 Å². The first-order valence-corrected chi connectivity index (χ1v) is 10.1. The second kappa shape index (κ2) is 8.87. The van der Waals surface area contributed by atoms with Crippen LogP contribution in [0.2, 0.25) is 0 Å². The van der Waals surface area contributed by atoms with Crippen LogP contribution in [-0.4, -0.2) is 24.1 Å². The standard InChI is InChI=1S/C20H32O4/c21-19(23-17-10-3-1-4-11-17)15-8-7-9-16(14-15)20(22)24-18-12-5-2-6-13-18/h15-18H,1-14H2. The Morgan fingerprint density at radius 3 is 1.38 bits per heavy atom. The van der Waals surface area contributed by atoms with Crippen LogP contribution >= 0.6 is 0 Å². The SMILES string of the molecule is O=C(OC1CCCCC1)C1CCCC(C(=O)OC2CCCCC2)C1. The monoisotopic (exact) mass is 336 g/mol. The van der Waals surface area contributed by atoms with E-state index in [4.69, 9.17) is 9.47 Å². The first-order valence-electron chi connectivity index (χ1n) is 10.1. The van der Waals surface area contributed by atoms with Crippen LogP contribution in [-0.2, 0) is 19.1 Å². The van der Waals surface area contributed by atoms with E-state index < -0.39 is 0 Å². The Hall–Kier alpha value is -1.06. The van der Waals surface area contributed by atoms with Crippen LogP contribution in [0.1, 0.15) is 89.9 Å². The van der Waals surface area contributed by atoms with Gasteiger partial charge in [-0.05, 0) is 70.6 Å². The van der Waals surface area contributed by atoms with Gasteiger partial charge in [-0.2, -0.15) is 0 Å². The Labute approximate surface area is 145 Å². The van der Waals surface area contributed by atoms with Crippen molar-refractivity contribution in [1.29, 1.82) is 0 Å². The molecule has 0 saturated heterocycles. The zero-order valence-electron chi connectivity index (χ0n) is 14.8. The van der Waals surface area contributed by atoms with Crippen molar-refractivity contribution in [3.63, 3.8) is 0 Å². The molecule has 4 heteroatoms. The lowest BCUT2D eigenvalue weighted by molar-refractivity contribution is -0.162. The van der Waals surface area contributed by atoms with E-state index in [9.17, 15) is 9.59 Å². The Morgan fingerprint density at radius 1 is 0.542 bits per heavy atom.